The SMILES string of the molecule is CNc1nc(NCCN(C)C)nc(N2CCCC2)n1. The van der Waals surface area contributed by atoms with E-state index in [2.05, 4.69) is 35.4 Å². The topological polar surface area (TPSA) is 69.2 Å². The molecule has 0 spiro atoms. The van der Waals surface area contributed by atoms with Crippen molar-refractivity contribution in [2.24, 2.45) is 0 Å². The number of likely N-dealkylation sites (N-methyl/N-ethyl adjacent to an activating group) is 1. The van der Waals surface area contributed by atoms with Crippen LogP contribution in [0.15, 0.2) is 0 Å². The molecular weight excluding hydrogens is 242 g/mol. The highest BCUT2D eigenvalue weighted by molar-refractivity contribution is 5.44. The van der Waals surface area contributed by atoms with E-state index in [0.717, 1.165) is 32.1 Å². The zero-order chi connectivity index (χ0) is 13.7. The minimum absolute atomic E-state index is 0.615. The lowest BCUT2D eigenvalue weighted by molar-refractivity contribution is 0.425. The fraction of sp³-hybridized carbons (Fsp3) is 0.750. The van der Waals surface area contributed by atoms with Gasteiger partial charge in [-0.2, -0.15) is 15.0 Å². The monoisotopic (exact) mass is 265 g/mol. The summed E-state index contributed by atoms with van der Waals surface area (Å²) in [4.78, 5) is 17.6. The molecule has 0 unspecified atom stereocenters. The third-order valence-corrected chi connectivity index (χ3v) is 3.08. The summed E-state index contributed by atoms with van der Waals surface area (Å²) in [7, 11) is 5.92. The van der Waals surface area contributed by atoms with Crippen molar-refractivity contribution in [2.75, 3.05) is 62.9 Å². The number of aromatic nitrogens is 3. The summed E-state index contributed by atoms with van der Waals surface area (Å²) in [5, 5.41) is 6.24. The van der Waals surface area contributed by atoms with Gasteiger partial charge in [-0.3, -0.25) is 0 Å². The van der Waals surface area contributed by atoms with Gasteiger partial charge in [0.2, 0.25) is 17.8 Å². The van der Waals surface area contributed by atoms with Gasteiger partial charge in [0.05, 0.1) is 0 Å². The molecule has 2 heterocycles. The van der Waals surface area contributed by atoms with Gasteiger partial charge in [0.15, 0.2) is 0 Å². The van der Waals surface area contributed by atoms with Crippen LogP contribution in [0.1, 0.15) is 12.8 Å². The first-order valence-electron chi connectivity index (χ1n) is 6.76. The molecule has 1 saturated heterocycles. The van der Waals surface area contributed by atoms with Gasteiger partial charge in [0, 0.05) is 33.2 Å². The summed E-state index contributed by atoms with van der Waals surface area (Å²) >= 11 is 0. The summed E-state index contributed by atoms with van der Waals surface area (Å²) in [6, 6.07) is 0. The maximum absolute atomic E-state index is 4.49. The number of rotatable bonds is 6. The Morgan fingerprint density at radius 1 is 1.11 bits per heavy atom. The second-order valence-corrected chi connectivity index (χ2v) is 4.96. The standard InChI is InChI=1S/C12H23N7/c1-13-10-15-11(14-6-9-18(2)3)17-12(16-10)19-7-4-5-8-19/h4-9H2,1-3H3,(H2,13,14,15,16,17). The zero-order valence-electron chi connectivity index (χ0n) is 12.0. The van der Waals surface area contributed by atoms with E-state index in [-0.39, 0.29) is 0 Å². The predicted octanol–water partition coefficient (Wildman–Crippen LogP) is 0.487. The van der Waals surface area contributed by atoms with Gasteiger partial charge in [0.1, 0.15) is 0 Å². The molecule has 1 aliphatic rings. The molecule has 0 aliphatic carbocycles. The lowest BCUT2D eigenvalue weighted by Crippen LogP contribution is -2.24. The Bertz CT molecular complexity index is 401. The van der Waals surface area contributed by atoms with E-state index < -0.39 is 0 Å². The average Bonchev–Trinajstić information content (AvgIpc) is 2.92. The molecule has 1 aromatic rings. The Labute approximate surface area is 114 Å². The fourth-order valence-electron chi connectivity index (χ4n) is 2.01. The van der Waals surface area contributed by atoms with Crippen molar-refractivity contribution >= 4 is 17.8 Å². The second-order valence-electron chi connectivity index (χ2n) is 4.96. The zero-order valence-corrected chi connectivity index (χ0v) is 12.0. The molecule has 7 heteroatoms. The van der Waals surface area contributed by atoms with Gasteiger partial charge >= 0.3 is 0 Å². The highest BCUT2D eigenvalue weighted by Crippen LogP contribution is 2.18. The highest BCUT2D eigenvalue weighted by Gasteiger charge is 2.16. The maximum Gasteiger partial charge on any atom is 0.231 e. The van der Waals surface area contributed by atoms with Gasteiger partial charge in [-0.05, 0) is 26.9 Å². The molecule has 19 heavy (non-hydrogen) atoms. The quantitative estimate of drug-likeness (QED) is 0.775. The van der Waals surface area contributed by atoms with E-state index in [0.29, 0.717) is 11.9 Å². The Balaban J connectivity index is 2.06. The van der Waals surface area contributed by atoms with Crippen molar-refractivity contribution in [1.29, 1.82) is 0 Å². The van der Waals surface area contributed by atoms with E-state index in [4.69, 9.17) is 0 Å². The molecule has 0 saturated carbocycles. The second kappa shape index (κ2) is 6.51. The van der Waals surface area contributed by atoms with Gasteiger partial charge in [-0.1, -0.05) is 0 Å². The number of nitrogens with zero attached hydrogens (tertiary/aromatic N) is 5. The first kappa shape index (κ1) is 13.8. The largest absolute Gasteiger partial charge is 0.357 e. The summed E-state index contributed by atoms with van der Waals surface area (Å²) in [6.45, 7) is 3.83. The smallest absolute Gasteiger partial charge is 0.231 e. The van der Waals surface area contributed by atoms with Crippen LogP contribution in [0.3, 0.4) is 0 Å². The molecule has 0 atom stereocenters. The minimum atomic E-state index is 0.615. The lowest BCUT2D eigenvalue weighted by atomic mass is 10.4. The molecule has 2 rings (SSSR count). The van der Waals surface area contributed by atoms with Crippen LogP contribution >= 0.6 is 0 Å². The van der Waals surface area contributed by atoms with E-state index in [9.17, 15) is 0 Å². The van der Waals surface area contributed by atoms with Crippen LogP contribution in [-0.4, -0.2) is 67.2 Å². The van der Waals surface area contributed by atoms with E-state index in [1.54, 1.807) is 0 Å². The van der Waals surface area contributed by atoms with Crippen molar-refractivity contribution in [2.45, 2.75) is 12.8 Å². The molecule has 7 nitrogen and oxygen atoms in total. The number of anilines is 3. The number of nitrogens with one attached hydrogen (secondary N) is 2. The van der Waals surface area contributed by atoms with Gasteiger partial charge < -0.3 is 20.4 Å². The minimum Gasteiger partial charge on any atom is -0.357 e. The Hall–Kier alpha value is -1.63. The van der Waals surface area contributed by atoms with Crippen LogP contribution in [-0.2, 0) is 0 Å². The van der Waals surface area contributed by atoms with Crippen molar-refractivity contribution in [3.8, 4) is 0 Å². The molecule has 0 bridgehead atoms. The van der Waals surface area contributed by atoms with Crippen LogP contribution in [0.2, 0.25) is 0 Å². The summed E-state index contributed by atoms with van der Waals surface area (Å²) < 4.78 is 0. The third kappa shape index (κ3) is 3.92. The Kier molecular flexibility index (Phi) is 4.73. The average molecular weight is 265 g/mol. The van der Waals surface area contributed by atoms with Gasteiger partial charge in [-0.15, -0.1) is 0 Å². The van der Waals surface area contributed by atoms with Crippen molar-refractivity contribution in [1.82, 2.24) is 19.9 Å². The van der Waals surface area contributed by atoms with Gasteiger partial charge in [-0.25, -0.2) is 0 Å². The normalized spacial score (nSPS) is 15.1. The van der Waals surface area contributed by atoms with Crippen LogP contribution in [0.5, 0.6) is 0 Å². The summed E-state index contributed by atoms with van der Waals surface area (Å²) in [6.07, 6.45) is 2.42. The van der Waals surface area contributed by atoms with Crippen LogP contribution in [0, 0.1) is 0 Å². The third-order valence-electron chi connectivity index (χ3n) is 3.08. The number of hydrogen-bond acceptors (Lipinski definition) is 7. The highest BCUT2D eigenvalue weighted by atomic mass is 15.3. The molecule has 0 aromatic carbocycles. The molecular formula is C12H23N7. The molecule has 1 fully saturated rings. The first-order valence-corrected chi connectivity index (χ1v) is 6.76. The summed E-state index contributed by atoms with van der Waals surface area (Å²) in [5.41, 5.74) is 0. The molecule has 2 N–H and O–H groups in total. The van der Waals surface area contributed by atoms with Crippen LogP contribution in [0.25, 0.3) is 0 Å². The predicted molar refractivity (Wildman–Crippen MR) is 77.9 cm³/mol. The molecule has 0 radical (unpaired) electrons. The van der Waals surface area contributed by atoms with Crippen LogP contribution in [0.4, 0.5) is 17.8 Å². The molecule has 0 amide bonds. The molecule has 1 aliphatic heterocycles. The molecule has 1 aromatic heterocycles. The maximum atomic E-state index is 4.49. The molecule has 106 valence electrons. The van der Waals surface area contributed by atoms with Crippen LogP contribution < -0.4 is 15.5 Å². The van der Waals surface area contributed by atoms with E-state index in [1.807, 2.05) is 21.1 Å². The summed E-state index contributed by atoms with van der Waals surface area (Å²) in [5.74, 6) is 2.02. The lowest BCUT2D eigenvalue weighted by Gasteiger charge is -2.17. The van der Waals surface area contributed by atoms with Crippen molar-refractivity contribution < 1.29 is 0 Å². The van der Waals surface area contributed by atoms with Crippen molar-refractivity contribution in [3.63, 3.8) is 0 Å². The first-order chi connectivity index (χ1) is 9.19. The van der Waals surface area contributed by atoms with Crippen molar-refractivity contribution in [3.05, 3.63) is 0 Å². The fourth-order valence-corrected chi connectivity index (χ4v) is 2.01. The van der Waals surface area contributed by atoms with E-state index >= 15 is 0 Å². The Morgan fingerprint density at radius 2 is 1.79 bits per heavy atom. The Morgan fingerprint density at radius 3 is 2.42 bits per heavy atom. The van der Waals surface area contributed by atoms with Gasteiger partial charge in [0.25, 0.3) is 0 Å². The number of hydrogen-bond donors (Lipinski definition) is 2. The van der Waals surface area contributed by atoms with E-state index in [1.165, 1.54) is 12.8 Å².